The Morgan fingerprint density at radius 3 is 2.38 bits per heavy atom. The van der Waals surface area contributed by atoms with Crippen LogP contribution in [-0.4, -0.2) is 18.2 Å². The Morgan fingerprint density at radius 1 is 1.00 bits per heavy atom. The lowest BCUT2D eigenvalue weighted by molar-refractivity contribution is -0.113. The van der Waals surface area contributed by atoms with E-state index in [9.17, 15) is 9.18 Å². The van der Waals surface area contributed by atoms with E-state index in [-0.39, 0.29) is 18.3 Å². The maximum absolute atomic E-state index is 13.6. The van der Waals surface area contributed by atoms with E-state index in [1.807, 2.05) is 6.07 Å². The minimum absolute atomic E-state index is 0.155. The molecule has 10 heteroatoms. The van der Waals surface area contributed by atoms with Gasteiger partial charge in [-0.05, 0) is 118 Å². The van der Waals surface area contributed by atoms with Gasteiger partial charge in [0.25, 0.3) is 5.91 Å². The van der Waals surface area contributed by atoms with Crippen LogP contribution in [0.5, 0.6) is 11.5 Å². The first-order chi connectivity index (χ1) is 19.3. The quantitative estimate of drug-likeness (QED) is 0.186. The van der Waals surface area contributed by atoms with E-state index in [0.717, 1.165) is 0 Å². The molecule has 202 valence electrons. The van der Waals surface area contributed by atoms with Gasteiger partial charge in [-0.2, -0.15) is 0 Å². The topological polar surface area (TPSA) is 51.1 Å². The molecule has 1 aliphatic rings. The van der Waals surface area contributed by atoms with Gasteiger partial charge >= 0.3 is 0 Å². The highest BCUT2D eigenvalue weighted by molar-refractivity contribution is 9.10. The molecule has 5 nitrogen and oxygen atoms in total. The molecule has 0 radical (unpaired) electrons. The third-order valence-corrected chi connectivity index (χ3v) is 7.83. The van der Waals surface area contributed by atoms with E-state index in [1.54, 1.807) is 77.7 Å². The minimum atomic E-state index is -0.334. The van der Waals surface area contributed by atoms with Crippen LogP contribution in [0.1, 0.15) is 11.1 Å². The van der Waals surface area contributed by atoms with Crippen LogP contribution in [-0.2, 0) is 11.4 Å². The van der Waals surface area contributed by atoms with E-state index in [2.05, 4.69) is 15.9 Å². The number of methoxy groups -OCH3 is 1. The Labute approximate surface area is 253 Å². The molecule has 1 saturated heterocycles. The fourth-order valence-corrected chi connectivity index (χ4v) is 5.72. The molecule has 0 aliphatic carbocycles. The van der Waals surface area contributed by atoms with Crippen LogP contribution in [0.3, 0.4) is 0 Å². The van der Waals surface area contributed by atoms with Crippen molar-refractivity contribution in [3.63, 3.8) is 0 Å². The average Bonchev–Trinajstić information content (AvgIpc) is 3.23. The van der Waals surface area contributed by atoms with Gasteiger partial charge in [0.1, 0.15) is 12.4 Å². The number of carbonyl (C=O) groups excluding carboxylic acids is 1. The van der Waals surface area contributed by atoms with Gasteiger partial charge in [0.05, 0.1) is 27.9 Å². The third kappa shape index (κ3) is 6.53. The zero-order valence-electron chi connectivity index (χ0n) is 20.9. The summed E-state index contributed by atoms with van der Waals surface area (Å²) in [6, 6.07) is 23.8. The smallest absolute Gasteiger partial charge is 0.271 e. The number of nitrogens with zero attached hydrogens (tertiary/aromatic N) is 2. The minimum Gasteiger partial charge on any atom is -0.493 e. The summed E-state index contributed by atoms with van der Waals surface area (Å²) in [5.74, 6) is 0.353. The van der Waals surface area contributed by atoms with Crippen LogP contribution in [0.4, 0.5) is 15.8 Å². The predicted octanol–water partition coefficient (Wildman–Crippen LogP) is 9.29. The number of carbonyl (C=O) groups is 1. The van der Waals surface area contributed by atoms with Crippen molar-refractivity contribution in [2.75, 3.05) is 12.0 Å². The van der Waals surface area contributed by atoms with Crippen LogP contribution < -0.4 is 14.4 Å². The summed E-state index contributed by atoms with van der Waals surface area (Å²) >= 11 is 16.9. The zero-order valence-corrected chi connectivity index (χ0v) is 24.8. The zero-order chi connectivity index (χ0) is 28.2. The maximum atomic E-state index is 13.6. The standard InChI is InChI=1S/C30H20BrCl2FN2O3S/c1-38-26-15-19(14-25(31)28(26)39-17-18-3-2-4-22(34)13-18)16-27-29(37)36(24-11-7-21(33)8-12-24)30(40-27)35-23-9-5-20(32)6-10-23/h2-16H,17H2,1H3/b27-16-,35-30?. The number of benzene rings is 4. The summed E-state index contributed by atoms with van der Waals surface area (Å²) in [6.07, 6.45) is 1.77. The molecule has 1 aliphatic heterocycles. The van der Waals surface area contributed by atoms with E-state index in [0.29, 0.717) is 58.6 Å². The SMILES string of the molecule is COc1cc(/C=C2\SC(=Nc3ccc(Cl)cc3)N(c3ccc(Cl)cc3)C2=O)cc(Br)c1OCc1cccc(F)c1. The molecular weight excluding hydrogens is 638 g/mol. The van der Waals surface area contributed by atoms with Crippen molar-refractivity contribution in [3.8, 4) is 11.5 Å². The highest BCUT2D eigenvalue weighted by atomic mass is 79.9. The molecule has 1 amide bonds. The lowest BCUT2D eigenvalue weighted by atomic mass is 10.1. The van der Waals surface area contributed by atoms with Gasteiger partial charge in [-0.25, -0.2) is 9.38 Å². The Balaban J connectivity index is 1.47. The van der Waals surface area contributed by atoms with Crippen LogP contribution in [0.15, 0.2) is 99.3 Å². The Bertz CT molecular complexity index is 1630. The number of anilines is 1. The van der Waals surface area contributed by atoms with Crippen LogP contribution in [0.25, 0.3) is 6.08 Å². The molecule has 1 fully saturated rings. The number of halogens is 4. The number of hydrogen-bond acceptors (Lipinski definition) is 5. The molecule has 5 rings (SSSR count). The second-order valence-corrected chi connectivity index (χ2v) is 11.3. The molecule has 0 atom stereocenters. The number of hydrogen-bond donors (Lipinski definition) is 0. The Morgan fingerprint density at radius 2 is 1.70 bits per heavy atom. The van der Waals surface area contributed by atoms with Crippen molar-refractivity contribution in [2.45, 2.75) is 6.61 Å². The molecule has 0 aromatic heterocycles. The van der Waals surface area contributed by atoms with E-state index >= 15 is 0 Å². The van der Waals surface area contributed by atoms with Gasteiger partial charge in [-0.15, -0.1) is 0 Å². The third-order valence-electron chi connectivity index (χ3n) is 5.76. The van der Waals surface area contributed by atoms with Gasteiger partial charge in [-0.3, -0.25) is 9.69 Å². The summed E-state index contributed by atoms with van der Waals surface area (Å²) in [7, 11) is 1.53. The maximum Gasteiger partial charge on any atom is 0.271 e. The summed E-state index contributed by atoms with van der Waals surface area (Å²) < 4.78 is 25.7. The second kappa shape index (κ2) is 12.5. The second-order valence-electron chi connectivity index (χ2n) is 8.55. The first-order valence-corrected chi connectivity index (χ1v) is 14.3. The average molecular weight is 658 g/mol. The highest BCUT2D eigenvalue weighted by Gasteiger charge is 2.35. The fourth-order valence-electron chi connectivity index (χ4n) is 3.89. The molecular formula is C30H20BrCl2FN2O3S. The number of aliphatic imine (C=N–C) groups is 1. The Kier molecular flexibility index (Phi) is 8.81. The molecule has 0 spiro atoms. The van der Waals surface area contributed by atoms with Gasteiger partial charge in [-0.1, -0.05) is 35.3 Å². The van der Waals surface area contributed by atoms with Crippen molar-refractivity contribution in [1.29, 1.82) is 0 Å². The number of thioether (sulfide) groups is 1. The predicted molar refractivity (Wildman–Crippen MR) is 164 cm³/mol. The number of amidine groups is 1. The number of ether oxygens (including phenoxy) is 2. The van der Waals surface area contributed by atoms with Gasteiger partial charge < -0.3 is 9.47 Å². The first-order valence-electron chi connectivity index (χ1n) is 11.9. The highest BCUT2D eigenvalue weighted by Crippen LogP contribution is 2.41. The lowest BCUT2D eigenvalue weighted by Gasteiger charge is -2.16. The van der Waals surface area contributed by atoms with Crippen molar-refractivity contribution in [2.24, 2.45) is 4.99 Å². The van der Waals surface area contributed by atoms with Gasteiger partial charge in [0, 0.05) is 10.0 Å². The molecule has 4 aromatic carbocycles. The van der Waals surface area contributed by atoms with Crippen LogP contribution >= 0.6 is 50.9 Å². The molecule has 40 heavy (non-hydrogen) atoms. The monoisotopic (exact) mass is 656 g/mol. The molecule has 0 N–H and O–H groups in total. The molecule has 0 saturated carbocycles. The normalized spacial score (nSPS) is 15.2. The number of rotatable bonds is 7. The fraction of sp³-hybridized carbons (Fsp3) is 0.0667. The number of amides is 1. The lowest BCUT2D eigenvalue weighted by Crippen LogP contribution is -2.28. The van der Waals surface area contributed by atoms with Crippen LogP contribution in [0.2, 0.25) is 10.0 Å². The van der Waals surface area contributed by atoms with Gasteiger partial charge in [0.15, 0.2) is 16.7 Å². The summed E-state index contributed by atoms with van der Waals surface area (Å²) in [6.45, 7) is 0.155. The van der Waals surface area contributed by atoms with E-state index in [1.165, 1.54) is 31.0 Å². The molecule has 0 unspecified atom stereocenters. The van der Waals surface area contributed by atoms with E-state index in [4.69, 9.17) is 37.7 Å². The van der Waals surface area contributed by atoms with Crippen molar-refractivity contribution in [3.05, 3.63) is 121 Å². The van der Waals surface area contributed by atoms with Gasteiger partial charge in [0.2, 0.25) is 0 Å². The largest absolute Gasteiger partial charge is 0.493 e. The van der Waals surface area contributed by atoms with Crippen molar-refractivity contribution in [1.82, 2.24) is 0 Å². The molecule has 4 aromatic rings. The summed E-state index contributed by atoms with van der Waals surface area (Å²) in [5, 5.41) is 1.64. The summed E-state index contributed by atoms with van der Waals surface area (Å²) in [4.78, 5) is 20.4. The molecule has 0 bridgehead atoms. The molecule has 1 heterocycles. The van der Waals surface area contributed by atoms with Crippen molar-refractivity contribution >= 4 is 79.4 Å². The van der Waals surface area contributed by atoms with E-state index < -0.39 is 0 Å². The Hall–Kier alpha value is -3.30. The van der Waals surface area contributed by atoms with Crippen molar-refractivity contribution < 1.29 is 18.7 Å². The summed E-state index contributed by atoms with van der Waals surface area (Å²) in [5.41, 5.74) is 2.69. The van der Waals surface area contributed by atoms with Crippen LogP contribution in [0, 0.1) is 5.82 Å². The first kappa shape index (κ1) is 28.2.